The van der Waals surface area contributed by atoms with E-state index in [-0.39, 0.29) is 0 Å². The first-order valence-electron chi connectivity index (χ1n) is 8.08. The van der Waals surface area contributed by atoms with Crippen molar-refractivity contribution < 1.29 is 4.74 Å². The molecule has 5 heteroatoms. The van der Waals surface area contributed by atoms with Crippen LogP contribution in [0, 0.1) is 5.41 Å². The summed E-state index contributed by atoms with van der Waals surface area (Å²) in [6.07, 6.45) is 4.18. The highest BCUT2D eigenvalue weighted by molar-refractivity contribution is 5.47. The van der Waals surface area contributed by atoms with Crippen LogP contribution in [-0.2, 0) is 11.2 Å². The van der Waals surface area contributed by atoms with E-state index < -0.39 is 0 Å². The van der Waals surface area contributed by atoms with Gasteiger partial charge in [-0.2, -0.15) is 0 Å². The molecule has 0 saturated carbocycles. The second-order valence-corrected chi connectivity index (χ2v) is 6.11. The summed E-state index contributed by atoms with van der Waals surface area (Å²) in [5, 5.41) is 6.79. The Hall–Kier alpha value is -1.36. The molecule has 118 valence electrons. The third kappa shape index (κ3) is 4.84. The largest absolute Gasteiger partial charge is 0.381 e. The molecule has 2 N–H and O–H groups in total. The van der Waals surface area contributed by atoms with E-state index in [1.165, 1.54) is 0 Å². The number of rotatable bonds is 7. The lowest BCUT2D eigenvalue weighted by molar-refractivity contribution is 0.0299. The van der Waals surface area contributed by atoms with Gasteiger partial charge in [0.25, 0.3) is 0 Å². The monoisotopic (exact) mass is 292 g/mol. The molecule has 0 atom stereocenters. The van der Waals surface area contributed by atoms with Crippen LogP contribution < -0.4 is 10.6 Å². The Kier molecular flexibility index (Phi) is 5.79. The number of hydrogen-bond acceptors (Lipinski definition) is 5. The van der Waals surface area contributed by atoms with E-state index in [0.717, 1.165) is 69.4 Å². The number of aryl methyl sites for hydroxylation is 1. The quantitative estimate of drug-likeness (QED) is 0.808. The van der Waals surface area contributed by atoms with Crippen molar-refractivity contribution in [3.8, 4) is 0 Å². The lowest BCUT2D eigenvalue weighted by atomic mass is 9.82. The molecule has 2 heterocycles. The smallest absolute Gasteiger partial charge is 0.133 e. The first-order chi connectivity index (χ1) is 10.1. The number of ether oxygens (including phenoxy) is 1. The van der Waals surface area contributed by atoms with Gasteiger partial charge in [0.2, 0.25) is 0 Å². The van der Waals surface area contributed by atoms with Gasteiger partial charge in [0, 0.05) is 38.8 Å². The molecule has 0 bridgehead atoms. The van der Waals surface area contributed by atoms with Crippen molar-refractivity contribution in [2.24, 2.45) is 5.41 Å². The van der Waals surface area contributed by atoms with Gasteiger partial charge in [0.1, 0.15) is 17.5 Å². The van der Waals surface area contributed by atoms with Crippen molar-refractivity contribution in [1.29, 1.82) is 0 Å². The van der Waals surface area contributed by atoms with Gasteiger partial charge in [-0.1, -0.05) is 13.8 Å². The van der Waals surface area contributed by atoms with E-state index >= 15 is 0 Å². The molecule has 0 radical (unpaired) electrons. The van der Waals surface area contributed by atoms with Gasteiger partial charge in [-0.25, -0.2) is 9.97 Å². The third-order valence-corrected chi connectivity index (χ3v) is 4.00. The van der Waals surface area contributed by atoms with Gasteiger partial charge in [-0.05, 0) is 31.6 Å². The van der Waals surface area contributed by atoms with Gasteiger partial charge in [-0.15, -0.1) is 0 Å². The summed E-state index contributed by atoms with van der Waals surface area (Å²) in [4.78, 5) is 9.17. The topological polar surface area (TPSA) is 59.1 Å². The minimum absolute atomic E-state index is 0.298. The van der Waals surface area contributed by atoms with Crippen molar-refractivity contribution in [2.75, 3.05) is 36.9 Å². The Bertz CT molecular complexity index is 420. The normalized spacial score (nSPS) is 17.5. The van der Waals surface area contributed by atoms with Crippen LogP contribution >= 0.6 is 0 Å². The van der Waals surface area contributed by atoms with Crippen molar-refractivity contribution >= 4 is 11.6 Å². The Labute approximate surface area is 127 Å². The van der Waals surface area contributed by atoms with E-state index in [1.54, 1.807) is 0 Å². The molecule has 1 aliphatic rings. The number of nitrogens with one attached hydrogen (secondary N) is 2. The maximum atomic E-state index is 5.46. The fraction of sp³-hybridized carbons (Fsp3) is 0.750. The van der Waals surface area contributed by atoms with Crippen molar-refractivity contribution in [1.82, 2.24) is 9.97 Å². The van der Waals surface area contributed by atoms with Gasteiger partial charge >= 0.3 is 0 Å². The molecule has 0 spiro atoms. The van der Waals surface area contributed by atoms with Crippen LogP contribution in [0.25, 0.3) is 0 Å². The molecule has 2 rings (SSSR count). The van der Waals surface area contributed by atoms with E-state index in [1.807, 2.05) is 6.07 Å². The Morgan fingerprint density at radius 2 is 1.81 bits per heavy atom. The van der Waals surface area contributed by atoms with Crippen LogP contribution in [0.1, 0.15) is 45.9 Å². The fourth-order valence-electron chi connectivity index (χ4n) is 2.54. The number of hydrogen-bond donors (Lipinski definition) is 2. The molecule has 0 aliphatic carbocycles. The van der Waals surface area contributed by atoms with E-state index in [0.29, 0.717) is 5.41 Å². The van der Waals surface area contributed by atoms with Crippen molar-refractivity contribution in [2.45, 2.75) is 46.5 Å². The van der Waals surface area contributed by atoms with Gasteiger partial charge in [0.05, 0.1) is 0 Å². The first kappa shape index (κ1) is 16.0. The fourth-order valence-corrected chi connectivity index (χ4v) is 2.54. The molecule has 0 aromatic carbocycles. The average Bonchev–Trinajstić information content (AvgIpc) is 2.47. The minimum Gasteiger partial charge on any atom is -0.381 e. The zero-order chi connectivity index (χ0) is 15.1. The third-order valence-electron chi connectivity index (χ3n) is 4.00. The lowest BCUT2D eigenvalue weighted by Gasteiger charge is -2.33. The molecular weight excluding hydrogens is 264 g/mol. The standard InChI is InChI=1S/C16H28N4O/c1-4-6-13-19-14(17-5-2)11-15(20-13)18-12-16(3)7-9-21-10-8-16/h11H,4-10,12H2,1-3H3,(H2,17,18,19,20). The summed E-state index contributed by atoms with van der Waals surface area (Å²) in [5.74, 6) is 2.75. The first-order valence-corrected chi connectivity index (χ1v) is 8.08. The van der Waals surface area contributed by atoms with Crippen LogP contribution in [0.4, 0.5) is 11.6 Å². The molecule has 1 fully saturated rings. The van der Waals surface area contributed by atoms with Gasteiger partial charge < -0.3 is 15.4 Å². The summed E-state index contributed by atoms with van der Waals surface area (Å²) in [6, 6.07) is 2.01. The highest BCUT2D eigenvalue weighted by Gasteiger charge is 2.27. The molecule has 0 amide bonds. The van der Waals surface area contributed by atoms with Gasteiger partial charge in [0.15, 0.2) is 0 Å². The highest BCUT2D eigenvalue weighted by atomic mass is 16.5. The van der Waals surface area contributed by atoms with E-state index in [9.17, 15) is 0 Å². The van der Waals surface area contributed by atoms with Crippen LogP contribution in [0.3, 0.4) is 0 Å². The molecule has 1 aliphatic heterocycles. The Morgan fingerprint density at radius 3 is 2.43 bits per heavy atom. The molecule has 0 unspecified atom stereocenters. The summed E-state index contributed by atoms with van der Waals surface area (Å²) in [6.45, 7) is 10.1. The minimum atomic E-state index is 0.298. The maximum absolute atomic E-state index is 5.46. The lowest BCUT2D eigenvalue weighted by Crippen LogP contribution is -2.33. The molecule has 1 aromatic rings. The Morgan fingerprint density at radius 1 is 1.14 bits per heavy atom. The van der Waals surface area contributed by atoms with Gasteiger partial charge in [-0.3, -0.25) is 0 Å². The zero-order valence-electron chi connectivity index (χ0n) is 13.5. The Balaban J connectivity index is 2.03. The highest BCUT2D eigenvalue weighted by Crippen LogP contribution is 2.29. The van der Waals surface area contributed by atoms with Crippen LogP contribution in [0.5, 0.6) is 0 Å². The van der Waals surface area contributed by atoms with E-state index in [2.05, 4.69) is 41.4 Å². The predicted molar refractivity (Wildman–Crippen MR) is 86.8 cm³/mol. The second-order valence-electron chi connectivity index (χ2n) is 6.11. The molecule has 1 aromatic heterocycles. The van der Waals surface area contributed by atoms with Crippen LogP contribution in [-0.4, -0.2) is 36.3 Å². The van der Waals surface area contributed by atoms with Crippen molar-refractivity contribution in [3.05, 3.63) is 11.9 Å². The van der Waals surface area contributed by atoms with Crippen LogP contribution in [0.2, 0.25) is 0 Å². The zero-order valence-corrected chi connectivity index (χ0v) is 13.5. The summed E-state index contributed by atoms with van der Waals surface area (Å²) in [5.41, 5.74) is 0.298. The number of nitrogens with zero attached hydrogens (tertiary/aromatic N) is 2. The molecule has 21 heavy (non-hydrogen) atoms. The predicted octanol–water partition coefficient (Wildman–Crippen LogP) is 3.09. The average molecular weight is 292 g/mol. The summed E-state index contributed by atoms with van der Waals surface area (Å²) in [7, 11) is 0. The summed E-state index contributed by atoms with van der Waals surface area (Å²) >= 11 is 0. The van der Waals surface area contributed by atoms with Crippen molar-refractivity contribution in [3.63, 3.8) is 0 Å². The molecule has 5 nitrogen and oxygen atoms in total. The molecule has 1 saturated heterocycles. The number of anilines is 2. The second kappa shape index (κ2) is 7.59. The molecular formula is C16H28N4O. The summed E-state index contributed by atoms with van der Waals surface area (Å²) < 4.78 is 5.46. The maximum Gasteiger partial charge on any atom is 0.133 e. The number of aromatic nitrogens is 2. The SMILES string of the molecule is CCCc1nc(NCC)cc(NCC2(C)CCOCC2)n1. The van der Waals surface area contributed by atoms with E-state index in [4.69, 9.17) is 4.74 Å². The van der Waals surface area contributed by atoms with Crippen LogP contribution in [0.15, 0.2) is 6.07 Å².